The molecule has 0 aromatic rings. The van der Waals surface area contributed by atoms with E-state index in [0.29, 0.717) is 31.6 Å². The van der Waals surface area contributed by atoms with E-state index in [0.717, 1.165) is 108 Å². The van der Waals surface area contributed by atoms with Crippen molar-refractivity contribution in [1.29, 1.82) is 0 Å². The Morgan fingerprint density at radius 2 is 0.543 bits per heavy atom. The van der Waals surface area contributed by atoms with Gasteiger partial charge in [0.1, 0.15) is 19.3 Å². The number of hydrogen-bond acceptors (Lipinski definition) is 15. The molecule has 0 aliphatic heterocycles. The van der Waals surface area contributed by atoms with Crippen molar-refractivity contribution in [1.82, 2.24) is 0 Å². The van der Waals surface area contributed by atoms with Gasteiger partial charge in [0.25, 0.3) is 0 Å². The molecule has 0 aliphatic rings. The highest BCUT2D eigenvalue weighted by Crippen LogP contribution is 2.45. The summed E-state index contributed by atoms with van der Waals surface area (Å²) >= 11 is 0. The standard InChI is InChI=1S/C75H146O17P2/c1-8-11-12-13-14-15-16-26-29-34-42-49-56-72(77)85-62-70(91-74(79)58-51-44-35-30-27-24-22-20-18-17-19-21-23-25-28-33-40-47-54-67(6)9-2)64-89-93(81,82)87-60-69(76)61-88-94(83,84)90-65-71(92-75(80)59-52-45-36-31-32-39-46-53-66(4)5)63-86-73(78)57-50-43-38-37-41-48-55-68(7)10-3/h66-71,76H,8-65H2,1-7H3,(H,81,82)(H,83,84)/t67?,68?,69-,70-,71-/m1/s1. The van der Waals surface area contributed by atoms with Gasteiger partial charge in [0, 0.05) is 25.7 Å². The van der Waals surface area contributed by atoms with E-state index >= 15 is 0 Å². The van der Waals surface area contributed by atoms with Crippen LogP contribution in [0.1, 0.15) is 382 Å². The van der Waals surface area contributed by atoms with Crippen LogP contribution in [0.3, 0.4) is 0 Å². The van der Waals surface area contributed by atoms with Crippen molar-refractivity contribution in [2.45, 2.75) is 401 Å². The number of aliphatic hydroxyl groups excluding tert-OH is 1. The molecule has 0 aliphatic carbocycles. The number of aliphatic hydroxyl groups is 1. The fraction of sp³-hybridized carbons (Fsp3) is 0.947. The molecule has 0 aromatic carbocycles. The van der Waals surface area contributed by atoms with Gasteiger partial charge in [0.2, 0.25) is 0 Å². The summed E-state index contributed by atoms with van der Waals surface area (Å²) in [5, 5.41) is 10.6. The van der Waals surface area contributed by atoms with E-state index in [1.165, 1.54) is 186 Å². The summed E-state index contributed by atoms with van der Waals surface area (Å²) in [6.45, 7) is 11.8. The molecule has 17 nitrogen and oxygen atoms in total. The minimum Gasteiger partial charge on any atom is -0.462 e. The van der Waals surface area contributed by atoms with Crippen LogP contribution in [0.5, 0.6) is 0 Å². The molecule has 3 N–H and O–H groups in total. The summed E-state index contributed by atoms with van der Waals surface area (Å²) in [7, 11) is -9.91. The molecule has 0 fully saturated rings. The van der Waals surface area contributed by atoms with Crippen molar-refractivity contribution in [2.75, 3.05) is 39.6 Å². The lowest BCUT2D eigenvalue weighted by atomic mass is 9.99. The second-order valence-electron chi connectivity index (χ2n) is 28.0. The van der Waals surface area contributed by atoms with Crippen LogP contribution >= 0.6 is 15.6 Å². The zero-order chi connectivity index (χ0) is 69.4. The lowest BCUT2D eigenvalue weighted by molar-refractivity contribution is -0.161. The summed E-state index contributed by atoms with van der Waals surface area (Å²) in [6, 6.07) is 0. The molecule has 4 unspecified atom stereocenters. The lowest BCUT2D eigenvalue weighted by Gasteiger charge is -2.21. The summed E-state index contributed by atoms with van der Waals surface area (Å²) < 4.78 is 68.4. The molecule has 0 spiro atoms. The van der Waals surface area contributed by atoms with Gasteiger partial charge in [0.05, 0.1) is 26.4 Å². The van der Waals surface area contributed by atoms with Crippen LogP contribution in [0.4, 0.5) is 0 Å². The third-order valence-electron chi connectivity index (χ3n) is 18.1. The van der Waals surface area contributed by atoms with Crippen molar-refractivity contribution < 1.29 is 80.2 Å². The molecular weight excluding hydrogens is 1230 g/mol. The first-order chi connectivity index (χ1) is 45.3. The first-order valence-electron chi connectivity index (χ1n) is 38.9. The average molecular weight is 1380 g/mol. The molecule has 0 amide bonds. The monoisotopic (exact) mass is 1380 g/mol. The summed E-state index contributed by atoms with van der Waals surface area (Å²) in [5.41, 5.74) is 0. The lowest BCUT2D eigenvalue weighted by Crippen LogP contribution is -2.30. The van der Waals surface area contributed by atoms with Gasteiger partial charge in [0.15, 0.2) is 12.2 Å². The van der Waals surface area contributed by atoms with Crippen LogP contribution in [0.15, 0.2) is 0 Å². The van der Waals surface area contributed by atoms with Crippen LogP contribution in [0, 0.1) is 17.8 Å². The topological polar surface area (TPSA) is 237 Å². The molecule has 0 bridgehead atoms. The SMILES string of the molecule is CCCCCCCCCCCCCCC(=O)OC[C@H](COP(=O)(O)OC[C@@H](O)COP(=O)(O)OC[C@@H](COC(=O)CCCCCCCCC(C)CC)OC(=O)CCCCCCCCCC(C)C)OC(=O)CCCCCCCCCCCCCCCCCCCCC(C)CC. The molecule has 7 atom stereocenters. The fourth-order valence-electron chi connectivity index (χ4n) is 11.4. The second-order valence-corrected chi connectivity index (χ2v) is 30.9. The molecule has 0 rings (SSSR count). The molecule has 19 heteroatoms. The Balaban J connectivity index is 5.17. The first kappa shape index (κ1) is 92.1. The molecule has 0 aromatic heterocycles. The first-order valence-corrected chi connectivity index (χ1v) is 41.9. The minimum absolute atomic E-state index is 0.103. The van der Waals surface area contributed by atoms with Crippen molar-refractivity contribution >= 4 is 39.5 Å². The summed E-state index contributed by atoms with van der Waals surface area (Å²) in [4.78, 5) is 72.7. The maximum atomic E-state index is 13.1. The van der Waals surface area contributed by atoms with Crippen molar-refractivity contribution in [3.05, 3.63) is 0 Å². The highest BCUT2D eigenvalue weighted by Gasteiger charge is 2.30. The largest absolute Gasteiger partial charge is 0.472 e. The number of hydrogen-bond donors (Lipinski definition) is 3. The highest BCUT2D eigenvalue weighted by molar-refractivity contribution is 7.47. The maximum absolute atomic E-state index is 13.1. The number of ether oxygens (including phenoxy) is 4. The van der Waals surface area contributed by atoms with Gasteiger partial charge in [-0.25, -0.2) is 9.13 Å². The quantitative estimate of drug-likeness (QED) is 0.0222. The number of esters is 4. The van der Waals surface area contributed by atoms with Gasteiger partial charge in [-0.3, -0.25) is 37.3 Å². The average Bonchev–Trinajstić information content (AvgIpc) is 1.61. The van der Waals surface area contributed by atoms with Crippen molar-refractivity contribution in [3.8, 4) is 0 Å². The smallest absolute Gasteiger partial charge is 0.462 e. The third kappa shape index (κ3) is 66.0. The zero-order valence-electron chi connectivity index (χ0n) is 61.4. The second kappa shape index (κ2) is 65.7. The Morgan fingerprint density at radius 1 is 0.309 bits per heavy atom. The Kier molecular flexibility index (Phi) is 64.3. The molecule has 0 saturated carbocycles. The number of phosphoric ester groups is 2. The summed E-state index contributed by atoms with van der Waals surface area (Å²) in [5.74, 6) is 0.174. The Hall–Kier alpha value is -1.94. The van der Waals surface area contributed by atoms with E-state index in [4.69, 9.17) is 37.0 Å². The predicted octanol–water partition coefficient (Wildman–Crippen LogP) is 21.8. The molecule has 0 saturated heterocycles. The van der Waals surface area contributed by atoms with Crippen LogP contribution in [-0.2, 0) is 65.4 Å². The Bertz CT molecular complexity index is 1840. The van der Waals surface area contributed by atoms with E-state index in [-0.39, 0.29) is 25.7 Å². The van der Waals surface area contributed by atoms with E-state index < -0.39 is 97.5 Å². The van der Waals surface area contributed by atoms with Gasteiger partial charge in [-0.2, -0.15) is 0 Å². The van der Waals surface area contributed by atoms with E-state index in [9.17, 15) is 43.2 Å². The van der Waals surface area contributed by atoms with Gasteiger partial charge < -0.3 is 33.8 Å². The van der Waals surface area contributed by atoms with Crippen LogP contribution in [0.25, 0.3) is 0 Å². The number of phosphoric acid groups is 2. The minimum atomic E-state index is -4.96. The molecule has 558 valence electrons. The highest BCUT2D eigenvalue weighted by atomic mass is 31.2. The number of carbonyl (C=O) groups excluding carboxylic acids is 4. The predicted molar refractivity (Wildman–Crippen MR) is 381 cm³/mol. The summed E-state index contributed by atoms with van der Waals surface area (Å²) in [6.07, 6.45) is 51.5. The normalized spacial score (nSPS) is 14.7. The number of unbranched alkanes of at least 4 members (excludes halogenated alkanes) is 39. The van der Waals surface area contributed by atoms with Crippen molar-refractivity contribution in [3.63, 3.8) is 0 Å². The molecule has 0 heterocycles. The van der Waals surface area contributed by atoms with E-state index in [1.807, 2.05) is 0 Å². The van der Waals surface area contributed by atoms with E-state index in [1.54, 1.807) is 0 Å². The van der Waals surface area contributed by atoms with Gasteiger partial charge in [-0.1, -0.05) is 331 Å². The van der Waals surface area contributed by atoms with Crippen LogP contribution in [-0.4, -0.2) is 96.7 Å². The molecule has 0 radical (unpaired) electrons. The number of rotatable bonds is 73. The Labute approximate surface area is 575 Å². The third-order valence-corrected chi connectivity index (χ3v) is 20.0. The van der Waals surface area contributed by atoms with Gasteiger partial charge >= 0.3 is 39.5 Å². The molecule has 94 heavy (non-hydrogen) atoms. The van der Waals surface area contributed by atoms with Gasteiger partial charge in [-0.15, -0.1) is 0 Å². The van der Waals surface area contributed by atoms with Crippen LogP contribution < -0.4 is 0 Å². The molecular formula is C75H146O17P2. The van der Waals surface area contributed by atoms with Crippen LogP contribution in [0.2, 0.25) is 0 Å². The Morgan fingerprint density at radius 3 is 0.809 bits per heavy atom. The zero-order valence-corrected chi connectivity index (χ0v) is 63.2. The van der Waals surface area contributed by atoms with E-state index in [2.05, 4.69) is 48.5 Å². The number of carbonyl (C=O) groups is 4. The van der Waals surface area contributed by atoms with Gasteiger partial charge in [-0.05, 0) is 43.4 Å². The van der Waals surface area contributed by atoms with Crippen molar-refractivity contribution in [2.24, 2.45) is 17.8 Å². The maximum Gasteiger partial charge on any atom is 0.472 e. The fourth-order valence-corrected chi connectivity index (χ4v) is 12.9.